The van der Waals surface area contributed by atoms with Gasteiger partial charge < -0.3 is 9.64 Å². The van der Waals surface area contributed by atoms with Crippen LogP contribution in [0.5, 0.6) is 11.5 Å². The largest absolute Gasteiger partial charge is 0.457 e. The van der Waals surface area contributed by atoms with E-state index in [4.69, 9.17) is 10.00 Å². The highest BCUT2D eigenvalue weighted by Gasteiger charge is 2.28. The maximum absolute atomic E-state index is 13.8. The Hall–Kier alpha value is -2.94. The van der Waals surface area contributed by atoms with E-state index in [0.717, 1.165) is 11.1 Å². The second-order valence-electron chi connectivity index (χ2n) is 6.80. The Labute approximate surface area is 163 Å². The Balaban J connectivity index is 1.74. The molecule has 6 heteroatoms. The number of hydrogen-bond donors (Lipinski definition) is 0. The Morgan fingerprint density at radius 2 is 2.00 bits per heavy atom. The Kier molecular flexibility index (Phi) is 5.93. The summed E-state index contributed by atoms with van der Waals surface area (Å²) in [6.07, 6.45) is 0.855. The molecule has 0 atom stereocenters. The van der Waals surface area contributed by atoms with Gasteiger partial charge in [-0.1, -0.05) is 19.1 Å². The molecule has 2 aromatic rings. The molecule has 0 N–H and O–H groups in total. The van der Waals surface area contributed by atoms with Gasteiger partial charge in [-0.3, -0.25) is 4.79 Å². The number of amides is 1. The van der Waals surface area contributed by atoms with Crippen molar-refractivity contribution in [2.24, 2.45) is 0 Å². The quantitative estimate of drug-likeness (QED) is 0.690. The lowest BCUT2D eigenvalue weighted by molar-refractivity contribution is -0.132. The standard InChI is InChI=1S/C22H22F2N2O2/c1-2-22(23,24)17-8-10-18(11-9-17)28-20-6-3-5-16-15-26(14-12-19(16)20)21(27)7-4-13-25/h3,5-6,8-11H,2,4,7,12,14-15H2,1H3. The number of halogens is 2. The average molecular weight is 384 g/mol. The van der Waals surface area contributed by atoms with Crippen molar-refractivity contribution in [2.45, 2.75) is 45.1 Å². The summed E-state index contributed by atoms with van der Waals surface area (Å²) in [4.78, 5) is 13.9. The molecule has 4 nitrogen and oxygen atoms in total. The number of nitrogens with zero attached hydrogens (tertiary/aromatic N) is 2. The number of benzene rings is 2. The van der Waals surface area contributed by atoms with E-state index in [0.29, 0.717) is 31.0 Å². The number of fused-ring (bicyclic) bond motifs is 1. The number of hydrogen-bond acceptors (Lipinski definition) is 3. The van der Waals surface area contributed by atoms with Gasteiger partial charge in [-0.2, -0.15) is 5.26 Å². The Bertz CT molecular complexity index is 888. The molecule has 1 aliphatic rings. The lowest BCUT2D eigenvalue weighted by Crippen LogP contribution is -2.35. The molecular weight excluding hydrogens is 362 g/mol. The zero-order chi connectivity index (χ0) is 20.1. The summed E-state index contributed by atoms with van der Waals surface area (Å²) in [5, 5.41) is 8.64. The van der Waals surface area contributed by atoms with Crippen molar-refractivity contribution in [3.05, 3.63) is 59.2 Å². The van der Waals surface area contributed by atoms with E-state index < -0.39 is 5.92 Å². The number of alkyl halides is 2. The van der Waals surface area contributed by atoms with E-state index in [9.17, 15) is 13.6 Å². The third-order valence-electron chi connectivity index (χ3n) is 4.97. The minimum Gasteiger partial charge on any atom is -0.457 e. The molecule has 0 unspecified atom stereocenters. The summed E-state index contributed by atoms with van der Waals surface area (Å²) in [6, 6.07) is 13.6. The first-order valence-electron chi connectivity index (χ1n) is 9.36. The fraction of sp³-hybridized carbons (Fsp3) is 0.364. The van der Waals surface area contributed by atoms with Gasteiger partial charge in [0.2, 0.25) is 5.91 Å². The minimum atomic E-state index is -2.84. The fourth-order valence-electron chi connectivity index (χ4n) is 3.30. The van der Waals surface area contributed by atoms with Crippen molar-refractivity contribution in [3.63, 3.8) is 0 Å². The maximum atomic E-state index is 13.8. The molecule has 0 radical (unpaired) electrons. The fourth-order valence-corrected chi connectivity index (χ4v) is 3.30. The van der Waals surface area contributed by atoms with Gasteiger partial charge >= 0.3 is 0 Å². The van der Waals surface area contributed by atoms with Crippen molar-refractivity contribution >= 4 is 5.91 Å². The van der Waals surface area contributed by atoms with E-state index in [1.165, 1.54) is 19.1 Å². The molecule has 1 aliphatic heterocycles. The van der Waals surface area contributed by atoms with Gasteiger partial charge in [0.15, 0.2) is 0 Å². The molecular formula is C22H22F2N2O2. The second kappa shape index (κ2) is 8.39. The van der Waals surface area contributed by atoms with Crippen molar-refractivity contribution in [3.8, 4) is 17.6 Å². The molecule has 2 aromatic carbocycles. The Morgan fingerprint density at radius 1 is 1.25 bits per heavy atom. The van der Waals surface area contributed by atoms with Crippen LogP contribution in [0, 0.1) is 11.3 Å². The lowest BCUT2D eigenvalue weighted by Gasteiger charge is -2.30. The number of ether oxygens (including phenoxy) is 1. The molecule has 0 spiro atoms. The predicted molar refractivity (Wildman–Crippen MR) is 101 cm³/mol. The van der Waals surface area contributed by atoms with Gasteiger partial charge in [0, 0.05) is 43.5 Å². The summed E-state index contributed by atoms with van der Waals surface area (Å²) >= 11 is 0. The third-order valence-corrected chi connectivity index (χ3v) is 4.97. The molecule has 1 heterocycles. The van der Waals surface area contributed by atoms with Crippen LogP contribution in [-0.2, 0) is 23.7 Å². The highest BCUT2D eigenvalue weighted by Crippen LogP contribution is 2.35. The average Bonchev–Trinajstić information content (AvgIpc) is 2.72. The number of nitriles is 1. The van der Waals surface area contributed by atoms with E-state index >= 15 is 0 Å². The molecule has 146 valence electrons. The second-order valence-corrected chi connectivity index (χ2v) is 6.80. The van der Waals surface area contributed by atoms with Crippen LogP contribution in [0.1, 0.15) is 42.9 Å². The highest BCUT2D eigenvalue weighted by atomic mass is 19.3. The summed E-state index contributed by atoms with van der Waals surface area (Å²) in [5.74, 6) is -1.69. The Morgan fingerprint density at radius 3 is 2.68 bits per heavy atom. The molecule has 0 fully saturated rings. The minimum absolute atomic E-state index is 0.0223. The van der Waals surface area contributed by atoms with E-state index in [1.54, 1.807) is 17.0 Å². The first kappa shape index (κ1) is 19.8. The van der Waals surface area contributed by atoms with Crippen molar-refractivity contribution in [1.29, 1.82) is 5.26 Å². The molecule has 28 heavy (non-hydrogen) atoms. The normalized spacial score (nSPS) is 13.6. The van der Waals surface area contributed by atoms with Crippen LogP contribution < -0.4 is 4.74 Å². The van der Waals surface area contributed by atoms with Gasteiger partial charge in [-0.15, -0.1) is 0 Å². The van der Waals surface area contributed by atoms with Gasteiger partial charge in [-0.05, 0) is 42.3 Å². The summed E-state index contributed by atoms with van der Waals surface area (Å²) in [7, 11) is 0. The predicted octanol–water partition coefficient (Wildman–Crippen LogP) is 5.17. The van der Waals surface area contributed by atoms with Crippen LogP contribution in [0.4, 0.5) is 8.78 Å². The van der Waals surface area contributed by atoms with Gasteiger partial charge in [-0.25, -0.2) is 8.78 Å². The number of carbonyl (C=O) groups excluding carboxylic acids is 1. The monoisotopic (exact) mass is 384 g/mol. The molecule has 1 amide bonds. The van der Waals surface area contributed by atoms with Crippen molar-refractivity contribution in [2.75, 3.05) is 6.54 Å². The van der Waals surface area contributed by atoms with E-state index in [-0.39, 0.29) is 30.7 Å². The first-order valence-corrected chi connectivity index (χ1v) is 9.36. The van der Waals surface area contributed by atoms with Gasteiger partial charge in [0.25, 0.3) is 5.92 Å². The smallest absolute Gasteiger partial charge is 0.273 e. The molecule has 0 saturated carbocycles. The highest BCUT2D eigenvalue weighted by molar-refractivity contribution is 5.76. The molecule has 0 bridgehead atoms. The van der Waals surface area contributed by atoms with Gasteiger partial charge in [0.05, 0.1) is 6.07 Å². The van der Waals surface area contributed by atoms with Crippen LogP contribution in [0.2, 0.25) is 0 Å². The number of carbonyl (C=O) groups is 1. The summed E-state index contributed by atoms with van der Waals surface area (Å²) in [6.45, 7) is 2.51. The van der Waals surface area contributed by atoms with Crippen molar-refractivity contribution in [1.82, 2.24) is 4.90 Å². The topological polar surface area (TPSA) is 53.3 Å². The SMILES string of the molecule is CCC(F)(F)c1ccc(Oc2cccc3c2CCN(C(=O)CCC#N)C3)cc1. The molecule has 0 saturated heterocycles. The van der Waals surface area contributed by atoms with Crippen LogP contribution in [0.15, 0.2) is 42.5 Å². The van der Waals surface area contributed by atoms with E-state index in [2.05, 4.69) is 0 Å². The number of rotatable bonds is 6. The van der Waals surface area contributed by atoms with Crippen LogP contribution in [0.25, 0.3) is 0 Å². The molecule has 0 aromatic heterocycles. The van der Waals surface area contributed by atoms with E-state index in [1.807, 2.05) is 24.3 Å². The van der Waals surface area contributed by atoms with Gasteiger partial charge in [0.1, 0.15) is 11.5 Å². The summed E-state index contributed by atoms with van der Waals surface area (Å²) < 4.78 is 33.5. The summed E-state index contributed by atoms with van der Waals surface area (Å²) in [5.41, 5.74) is 2.00. The van der Waals surface area contributed by atoms with Crippen LogP contribution in [-0.4, -0.2) is 17.4 Å². The lowest BCUT2D eigenvalue weighted by atomic mass is 9.98. The van der Waals surface area contributed by atoms with Crippen molar-refractivity contribution < 1.29 is 18.3 Å². The zero-order valence-electron chi connectivity index (χ0n) is 15.8. The molecule has 3 rings (SSSR count). The third kappa shape index (κ3) is 4.30. The van der Waals surface area contributed by atoms with Crippen LogP contribution in [0.3, 0.4) is 0 Å². The zero-order valence-corrected chi connectivity index (χ0v) is 15.8. The molecule has 0 aliphatic carbocycles. The first-order chi connectivity index (χ1) is 13.4. The maximum Gasteiger partial charge on any atom is 0.273 e. The van der Waals surface area contributed by atoms with Crippen LogP contribution >= 0.6 is 0 Å².